The van der Waals surface area contributed by atoms with Gasteiger partial charge in [-0.1, -0.05) is 13.8 Å². The van der Waals surface area contributed by atoms with E-state index >= 15 is 0 Å². The summed E-state index contributed by atoms with van der Waals surface area (Å²) < 4.78 is 5.08. The zero-order valence-corrected chi connectivity index (χ0v) is 14.8. The van der Waals surface area contributed by atoms with E-state index < -0.39 is 0 Å². The van der Waals surface area contributed by atoms with Crippen molar-refractivity contribution >= 4 is 15.9 Å². The maximum atomic E-state index is 4.62. The molecule has 0 aliphatic rings. The number of hydrogen-bond donors (Lipinski definition) is 1. The first-order valence-electron chi connectivity index (χ1n) is 7.46. The molecule has 0 fully saturated rings. The van der Waals surface area contributed by atoms with Crippen molar-refractivity contribution in [3.8, 4) is 0 Å². The Morgan fingerprint density at radius 3 is 2.76 bits per heavy atom. The van der Waals surface area contributed by atoms with Crippen molar-refractivity contribution in [3.63, 3.8) is 0 Å². The molecule has 0 radical (unpaired) electrons. The molecule has 6 heteroatoms. The molecule has 0 saturated heterocycles. The molecular weight excluding hydrogens is 330 g/mol. The molecule has 0 unspecified atom stereocenters. The van der Waals surface area contributed by atoms with Gasteiger partial charge in [0, 0.05) is 19.3 Å². The van der Waals surface area contributed by atoms with Crippen molar-refractivity contribution in [1.29, 1.82) is 0 Å². The number of nitrogens with zero attached hydrogens (tertiary/aromatic N) is 4. The Kier molecular flexibility index (Phi) is 5.58. The summed E-state index contributed by atoms with van der Waals surface area (Å²) in [5, 5.41) is 12.6. The van der Waals surface area contributed by atoms with Crippen LogP contribution < -0.4 is 5.32 Å². The fourth-order valence-electron chi connectivity index (χ4n) is 2.25. The van der Waals surface area contributed by atoms with Crippen LogP contribution in [-0.2, 0) is 19.6 Å². The first-order chi connectivity index (χ1) is 10.0. The highest BCUT2D eigenvalue weighted by molar-refractivity contribution is 9.10. The van der Waals surface area contributed by atoms with Crippen LogP contribution in [0.15, 0.2) is 16.7 Å². The molecule has 2 rings (SSSR count). The zero-order valence-electron chi connectivity index (χ0n) is 13.2. The summed E-state index contributed by atoms with van der Waals surface area (Å²) in [7, 11) is 0. The molecule has 0 aliphatic heterocycles. The average Bonchev–Trinajstić information content (AvgIpc) is 2.98. The van der Waals surface area contributed by atoms with Gasteiger partial charge in [0.15, 0.2) is 0 Å². The third kappa shape index (κ3) is 4.17. The molecule has 2 aromatic heterocycles. The number of nitrogens with one attached hydrogen (secondary N) is 1. The van der Waals surface area contributed by atoms with Crippen LogP contribution >= 0.6 is 15.9 Å². The number of hydrogen-bond acceptors (Lipinski definition) is 3. The quantitative estimate of drug-likeness (QED) is 0.832. The Labute approximate surface area is 134 Å². The Hall–Kier alpha value is -1.14. The van der Waals surface area contributed by atoms with Crippen LogP contribution in [-0.4, -0.2) is 26.1 Å². The molecule has 21 heavy (non-hydrogen) atoms. The van der Waals surface area contributed by atoms with E-state index in [4.69, 9.17) is 0 Å². The van der Waals surface area contributed by atoms with E-state index in [2.05, 4.69) is 58.3 Å². The minimum atomic E-state index is 0.657. The van der Waals surface area contributed by atoms with Gasteiger partial charge in [0.05, 0.1) is 28.1 Å². The molecular formula is C15H24BrN5. The fourth-order valence-corrected chi connectivity index (χ4v) is 2.66. The highest BCUT2D eigenvalue weighted by atomic mass is 79.9. The molecule has 116 valence electrons. The summed E-state index contributed by atoms with van der Waals surface area (Å²) in [4.78, 5) is 0. The van der Waals surface area contributed by atoms with Crippen molar-refractivity contribution in [3.05, 3.63) is 33.8 Å². The number of rotatable bonds is 7. The summed E-state index contributed by atoms with van der Waals surface area (Å²) in [5.74, 6) is 0.657. The lowest BCUT2D eigenvalue weighted by Crippen LogP contribution is -2.19. The van der Waals surface area contributed by atoms with Gasteiger partial charge >= 0.3 is 0 Å². The molecule has 0 aliphatic carbocycles. The lowest BCUT2D eigenvalue weighted by molar-refractivity contribution is 0.538. The van der Waals surface area contributed by atoms with E-state index in [1.165, 1.54) is 5.69 Å². The van der Waals surface area contributed by atoms with E-state index in [9.17, 15) is 0 Å². The van der Waals surface area contributed by atoms with Crippen LogP contribution in [0, 0.1) is 12.8 Å². The van der Waals surface area contributed by atoms with Crippen molar-refractivity contribution in [1.82, 2.24) is 24.9 Å². The van der Waals surface area contributed by atoms with Gasteiger partial charge in [0.25, 0.3) is 0 Å². The summed E-state index contributed by atoms with van der Waals surface area (Å²) in [6.07, 6.45) is 2.03. The van der Waals surface area contributed by atoms with Gasteiger partial charge in [-0.05, 0) is 48.3 Å². The second-order valence-electron chi connectivity index (χ2n) is 5.69. The largest absolute Gasteiger partial charge is 0.311 e. The van der Waals surface area contributed by atoms with Gasteiger partial charge in [-0.2, -0.15) is 10.2 Å². The Bertz CT molecular complexity index is 585. The number of aryl methyl sites for hydroxylation is 2. The monoisotopic (exact) mass is 353 g/mol. The van der Waals surface area contributed by atoms with Crippen LogP contribution in [0.5, 0.6) is 0 Å². The summed E-state index contributed by atoms with van der Waals surface area (Å²) >= 11 is 3.63. The maximum Gasteiger partial charge on any atom is 0.0839 e. The Balaban J connectivity index is 2.02. The SMILES string of the molecule is CCn1nc(C)c(Br)c1Cn1ccc(CNCC(C)C)n1. The summed E-state index contributed by atoms with van der Waals surface area (Å²) in [6.45, 7) is 12.0. The lowest BCUT2D eigenvalue weighted by atomic mass is 10.2. The molecule has 5 nitrogen and oxygen atoms in total. The second kappa shape index (κ2) is 7.22. The molecule has 2 heterocycles. The van der Waals surface area contributed by atoms with Gasteiger partial charge in [0.2, 0.25) is 0 Å². The standard InChI is InChI=1S/C15H24BrN5/c1-5-21-14(15(16)12(4)18-21)10-20-7-6-13(19-20)9-17-8-11(2)3/h6-7,11,17H,5,8-10H2,1-4H3. The van der Waals surface area contributed by atoms with Crippen LogP contribution in [0.25, 0.3) is 0 Å². The number of halogens is 1. The van der Waals surface area contributed by atoms with Crippen molar-refractivity contribution in [2.75, 3.05) is 6.54 Å². The average molecular weight is 354 g/mol. The minimum absolute atomic E-state index is 0.657. The molecule has 0 saturated carbocycles. The maximum absolute atomic E-state index is 4.62. The molecule has 0 spiro atoms. The third-order valence-corrected chi connectivity index (χ3v) is 4.35. The van der Waals surface area contributed by atoms with Gasteiger partial charge in [-0.25, -0.2) is 0 Å². The minimum Gasteiger partial charge on any atom is -0.311 e. The smallest absolute Gasteiger partial charge is 0.0839 e. The lowest BCUT2D eigenvalue weighted by Gasteiger charge is -2.06. The first kappa shape index (κ1) is 16.2. The van der Waals surface area contributed by atoms with Crippen molar-refractivity contribution in [2.24, 2.45) is 5.92 Å². The summed E-state index contributed by atoms with van der Waals surface area (Å²) in [5.41, 5.74) is 3.27. The first-order valence-corrected chi connectivity index (χ1v) is 8.25. The van der Waals surface area contributed by atoms with Crippen molar-refractivity contribution in [2.45, 2.75) is 47.3 Å². The Morgan fingerprint density at radius 1 is 1.33 bits per heavy atom. The predicted molar refractivity (Wildman–Crippen MR) is 88.2 cm³/mol. The van der Waals surface area contributed by atoms with E-state index in [0.29, 0.717) is 5.92 Å². The van der Waals surface area contributed by atoms with E-state index in [1.807, 2.05) is 22.5 Å². The van der Waals surface area contributed by atoms with Crippen LogP contribution in [0.1, 0.15) is 37.9 Å². The highest BCUT2D eigenvalue weighted by Gasteiger charge is 2.13. The third-order valence-electron chi connectivity index (χ3n) is 3.32. The fraction of sp³-hybridized carbons (Fsp3) is 0.600. The molecule has 0 bridgehead atoms. The van der Waals surface area contributed by atoms with E-state index in [0.717, 1.165) is 42.0 Å². The van der Waals surface area contributed by atoms with Gasteiger partial charge in [-0.15, -0.1) is 0 Å². The van der Waals surface area contributed by atoms with E-state index in [-0.39, 0.29) is 0 Å². The van der Waals surface area contributed by atoms with Gasteiger partial charge < -0.3 is 5.32 Å². The predicted octanol–water partition coefficient (Wildman–Crippen LogP) is 2.96. The molecule has 2 aromatic rings. The van der Waals surface area contributed by atoms with Crippen LogP contribution in [0.4, 0.5) is 0 Å². The normalized spacial score (nSPS) is 11.5. The molecule has 0 aromatic carbocycles. The van der Waals surface area contributed by atoms with Gasteiger partial charge in [-0.3, -0.25) is 9.36 Å². The topological polar surface area (TPSA) is 47.7 Å². The summed E-state index contributed by atoms with van der Waals surface area (Å²) in [6, 6.07) is 2.07. The van der Waals surface area contributed by atoms with Crippen molar-refractivity contribution < 1.29 is 0 Å². The molecule has 1 N–H and O–H groups in total. The molecule has 0 atom stereocenters. The highest BCUT2D eigenvalue weighted by Crippen LogP contribution is 2.21. The molecule has 0 amide bonds. The zero-order chi connectivity index (χ0) is 15.4. The van der Waals surface area contributed by atoms with Crippen LogP contribution in [0.3, 0.4) is 0 Å². The Morgan fingerprint density at radius 2 is 2.10 bits per heavy atom. The number of aromatic nitrogens is 4. The van der Waals surface area contributed by atoms with Gasteiger partial charge in [0.1, 0.15) is 0 Å². The van der Waals surface area contributed by atoms with E-state index in [1.54, 1.807) is 0 Å². The van der Waals surface area contributed by atoms with Crippen LogP contribution in [0.2, 0.25) is 0 Å². The second-order valence-corrected chi connectivity index (χ2v) is 6.48.